The number of methoxy groups -OCH3 is 1. The van der Waals surface area contributed by atoms with Crippen molar-refractivity contribution in [2.75, 3.05) is 20.3 Å². The van der Waals surface area contributed by atoms with Crippen molar-refractivity contribution < 1.29 is 14.2 Å². The number of hydrogen-bond acceptors (Lipinski definition) is 3. The normalized spacial score (nSPS) is 33.7. The van der Waals surface area contributed by atoms with Crippen LogP contribution >= 0.6 is 0 Å². The highest BCUT2D eigenvalue weighted by Gasteiger charge is 2.62. The Morgan fingerprint density at radius 3 is 2.79 bits per heavy atom. The van der Waals surface area contributed by atoms with E-state index in [9.17, 15) is 0 Å². The molecule has 2 unspecified atom stereocenters. The third-order valence-corrected chi connectivity index (χ3v) is 4.91. The first-order valence-electron chi connectivity index (χ1n) is 6.84. The molecule has 0 radical (unpaired) electrons. The highest BCUT2D eigenvalue weighted by molar-refractivity contribution is 5.51. The molecule has 3 aliphatic rings. The first-order chi connectivity index (χ1) is 9.19. The van der Waals surface area contributed by atoms with Crippen LogP contribution in [0, 0.1) is 5.92 Å². The second-order valence-corrected chi connectivity index (χ2v) is 5.76. The van der Waals surface area contributed by atoms with E-state index in [2.05, 4.69) is 31.2 Å². The quantitative estimate of drug-likeness (QED) is 0.724. The lowest BCUT2D eigenvalue weighted by Gasteiger charge is -2.47. The Balaban J connectivity index is 1.92. The standard InChI is InChI=1S/C16H18O3/c1-15-6-5-12(16(15)18-7-8-19-16)9-11-3-4-13(17-2)10-14(11)15/h3-6,10,12H,7-9H2,1-2H3. The molecular weight excluding hydrogens is 240 g/mol. The maximum atomic E-state index is 6.08. The molecule has 0 saturated carbocycles. The van der Waals surface area contributed by atoms with Gasteiger partial charge in [-0.1, -0.05) is 18.2 Å². The summed E-state index contributed by atoms with van der Waals surface area (Å²) in [6.45, 7) is 3.59. The first-order valence-corrected chi connectivity index (χ1v) is 6.84. The lowest BCUT2D eigenvalue weighted by molar-refractivity contribution is -0.215. The fourth-order valence-corrected chi connectivity index (χ4v) is 3.94. The second-order valence-electron chi connectivity index (χ2n) is 5.76. The third kappa shape index (κ3) is 1.25. The van der Waals surface area contributed by atoms with Gasteiger partial charge in [-0.15, -0.1) is 0 Å². The van der Waals surface area contributed by atoms with Crippen LogP contribution in [0.15, 0.2) is 30.4 Å². The van der Waals surface area contributed by atoms with Gasteiger partial charge >= 0.3 is 0 Å². The maximum absolute atomic E-state index is 6.08. The lowest BCUT2D eigenvalue weighted by Crippen LogP contribution is -2.54. The van der Waals surface area contributed by atoms with Crippen LogP contribution < -0.4 is 4.74 Å². The highest BCUT2D eigenvalue weighted by Crippen LogP contribution is 2.57. The lowest BCUT2D eigenvalue weighted by atomic mass is 9.67. The Labute approximate surface area is 113 Å². The summed E-state index contributed by atoms with van der Waals surface area (Å²) in [5.41, 5.74) is 2.44. The molecule has 0 aromatic heterocycles. The molecule has 4 rings (SSSR count). The molecule has 2 aliphatic carbocycles. The summed E-state index contributed by atoms with van der Waals surface area (Å²) < 4.78 is 17.5. The predicted octanol–water partition coefficient (Wildman–Crippen LogP) is 2.44. The number of rotatable bonds is 1. The third-order valence-electron chi connectivity index (χ3n) is 4.91. The van der Waals surface area contributed by atoms with Gasteiger partial charge in [-0.05, 0) is 36.6 Å². The molecule has 1 aliphatic heterocycles. The Kier molecular flexibility index (Phi) is 2.19. The van der Waals surface area contributed by atoms with E-state index in [0.717, 1.165) is 12.2 Å². The van der Waals surface area contributed by atoms with Gasteiger partial charge in [0, 0.05) is 5.92 Å². The van der Waals surface area contributed by atoms with Gasteiger partial charge in [0.25, 0.3) is 0 Å². The topological polar surface area (TPSA) is 27.7 Å². The smallest absolute Gasteiger partial charge is 0.187 e. The average Bonchev–Trinajstić information content (AvgIpc) is 2.98. The second kappa shape index (κ2) is 3.62. The van der Waals surface area contributed by atoms with Crippen molar-refractivity contribution in [3.05, 3.63) is 41.5 Å². The molecule has 1 saturated heterocycles. The van der Waals surface area contributed by atoms with Crippen molar-refractivity contribution in [2.24, 2.45) is 5.92 Å². The van der Waals surface area contributed by atoms with Crippen LogP contribution in [0.3, 0.4) is 0 Å². The monoisotopic (exact) mass is 258 g/mol. The Bertz CT molecular complexity index is 557. The number of fused-ring (bicyclic) bond motifs is 2. The van der Waals surface area contributed by atoms with Gasteiger partial charge in [0.15, 0.2) is 5.79 Å². The molecular formula is C16H18O3. The summed E-state index contributed by atoms with van der Waals surface area (Å²) in [6.07, 6.45) is 5.50. The number of hydrogen-bond donors (Lipinski definition) is 0. The molecule has 0 N–H and O–H groups in total. The number of benzene rings is 1. The van der Waals surface area contributed by atoms with Gasteiger partial charge in [-0.3, -0.25) is 0 Å². The Morgan fingerprint density at radius 1 is 1.26 bits per heavy atom. The minimum atomic E-state index is -0.494. The van der Waals surface area contributed by atoms with Gasteiger partial charge < -0.3 is 14.2 Å². The Morgan fingerprint density at radius 2 is 2.05 bits per heavy atom. The fourth-order valence-electron chi connectivity index (χ4n) is 3.94. The van der Waals surface area contributed by atoms with E-state index in [1.165, 1.54) is 11.1 Å². The van der Waals surface area contributed by atoms with Gasteiger partial charge in [0.05, 0.1) is 25.7 Å². The summed E-state index contributed by atoms with van der Waals surface area (Å²) in [5.74, 6) is 0.722. The van der Waals surface area contributed by atoms with E-state index in [1.807, 2.05) is 6.07 Å². The largest absolute Gasteiger partial charge is 0.497 e. The molecule has 100 valence electrons. The minimum absolute atomic E-state index is 0.212. The summed E-state index contributed by atoms with van der Waals surface area (Å²) >= 11 is 0. The molecule has 1 aromatic rings. The van der Waals surface area contributed by atoms with E-state index in [4.69, 9.17) is 14.2 Å². The number of ether oxygens (including phenoxy) is 3. The van der Waals surface area contributed by atoms with Gasteiger partial charge in [0.2, 0.25) is 0 Å². The molecule has 1 heterocycles. The first kappa shape index (κ1) is 11.5. The van der Waals surface area contributed by atoms with Crippen LogP contribution in [0.4, 0.5) is 0 Å². The van der Waals surface area contributed by atoms with Crippen LogP contribution in [0.2, 0.25) is 0 Å². The molecule has 1 aromatic carbocycles. The van der Waals surface area contributed by atoms with E-state index in [0.29, 0.717) is 19.1 Å². The molecule has 19 heavy (non-hydrogen) atoms. The zero-order valence-electron chi connectivity index (χ0n) is 11.3. The van der Waals surface area contributed by atoms with E-state index >= 15 is 0 Å². The maximum Gasteiger partial charge on any atom is 0.187 e. The molecule has 3 heteroatoms. The summed E-state index contributed by atoms with van der Waals surface area (Å²) in [5, 5.41) is 0. The molecule has 3 nitrogen and oxygen atoms in total. The molecule has 0 amide bonds. The zero-order chi connectivity index (χ0) is 13.1. The van der Waals surface area contributed by atoms with E-state index in [1.54, 1.807) is 7.11 Å². The van der Waals surface area contributed by atoms with Crippen molar-refractivity contribution in [2.45, 2.75) is 24.5 Å². The van der Waals surface area contributed by atoms with E-state index in [-0.39, 0.29) is 5.41 Å². The molecule has 1 fully saturated rings. The molecule has 2 atom stereocenters. The molecule has 1 spiro atoms. The summed E-state index contributed by atoms with van der Waals surface area (Å²) in [6, 6.07) is 6.35. The summed E-state index contributed by atoms with van der Waals surface area (Å²) in [7, 11) is 1.71. The fraction of sp³-hybridized carbons (Fsp3) is 0.500. The summed E-state index contributed by atoms with van der Waals surface area (Å²) in [4.78, 5) is 0. The minimum Gasteiger partial charge on any atom is -0.497 e. The van der Waals surface area contributed by atoms with Crippen LogP contribution in [-0.4, -0.2) is 26.1 Å². The van der Waals surface area contributed by atoms with Crippen LogP contribution in [0.5, 0.6) is 5.75 Å². The van der Waals surface area contributed by atoms with Crippen molar-refractivity contribution in [3.63, 3.8) is 0 Å². The van der Waals surface area contributed by atoms with Crippen LogP contribution in [0.1, 0.15) is 18.1 Å². The van der Waals surface area contributed by atoms with Gasteiger partial charge in [-0.25, -0.2) is 0 Å². The predicted molar refractivity (Wildman–Crippen MR) is 71.3 cm³/mol. The van der Waals surface area contributed by atoms with Crippen LogP contribution in [-0.2, 0) is 21.3 Å². The van der Waals surface area contributed by atoms with Gasteiger partial charge in [-0.2, -0.15) is 0 Å². The highest BCUT2D eigenvalue weighted by atomic mass is 16.7. The van der Waals surface area contributed by atoms with Crippen molar-refractivity contribution in [3.8, 4) is 5.75 Å². The van der Waals surface area contributed by atoms with Crippen molar-refractivity contribution >= 4 is 0 Å². The van der Waals surface area contributed by atoms with Crippen molar-refractivity contribution in [1.29, 1.82) is 0 Å². The van der Waals surface area contributed by atoms with Crippen LogP contribution in [0.25, 0.3) is 0 Å². The van der Waals surface area contributed by atoms with Gasteiger partial charge in [0.1, 0.15) is 5.75 Å². The van der Waals surface area contributed by atoms with E-state index < -0.39 is 5.79 Å². The average molecular weight is 258 g/mol. The van der Waals surface area contributed by atoms with Crippen molar-refractivity contribution in [1.82, 2.24) is 0 Å². The SMILES string of the molecule is COc1ccc2c(c1)C1(C)C=CC(C2)C12OCCO2. The Hall–Kier alpha value is -1.32. The zero-order valence-corrected chi connectivity index (χ0v) is 11.3. The molecule has 2 bridgehead atoms.